The van der Waals surface area contributed by atoms with Gasteiger partial charge in [0.1, 0.15) is 0 Å². The fourth-order valence-electron chi connectivity index (χ4n) is 4.52. The fraction of sp³-hybridized carbons (Fsp3) is 0.583. The summed E-state index contributed by atoms with van der Waals surface area (Å²) in [6.45, 7) is 2.28. The first-order valence-electron chi connectivity index (χ1n) is 10.4. The molecule has 2 fully saturated rings. The zero-order valence-corrected chi connectivity index (χ0v) is 16.1. The third-order valence-electron chi connectivity index (χ3n) is 6.41. The van der Waals surface area contributed by atoms with E-state index in [2.05, 4.69) is 24.8 Å². The fourth-order valence-corrected chi connectivity index (χ4v) is 4.52. The summed E-state index contributed by atoms with van der Waals surface area (Å²) in [5.41, 5.74) is 0.570. The lowest BCUT2D eigenvalue weighted by molar-refractivity contribution is 0.304. The van der Waals surface area contributed by atoms with E-state index in [-0.39, 0.29) is 5.92 Å². The van der Waals surface area contributed by atoms with Crippen LogP contribution in [0.3, 0.4) is 0 Å². The summed E-state index contributed by atoms with van der Waals surface area (Å²) in [6, 6.07) is 2.29. The molecule has 146 valence electrons. The van der Waals surface area contributed by atoms with Gasteiger partial charge in [0.2, 0.25) is 0 Å². The average Bonchev–Trinajstić information content (AvgIpc) is 2.70. The van der Waals surface area contributed by atoms with Gasteiger partial charge in [-0.15, -0.1) is 0 Å². The van der Waals surface area contributed by atoms with Crippen molar-refractivity contribution in [3.8, 4) is 11.8 Å². The van der Waals surface area contributed by atoms with E-state index in [1.165, 1.54) is 32.1 Å². The van der Waals surface area contributed by atoms with Gasteiger partial charge in [0.25, 0.3) is 0 Å². The Hall–Kier alpha value is -1.69. The first-order chi connectivity index (χ1) is 13.1. The van der Waals surface area contributed by atoms with Gasteiger partial charge >= 0.3 is 0 Å². The standard InChI is InChI=1S/C24H29F3/c1-2-17-7-9-18(10-8-17)5-3-4-6-19-11-13-20(14-12-19)21-15-22(25)24(27)23(26)16-21/h3,5,15-20H,2,7-14H2,1H3/b5-3+/t17-,18-,19-,20-. The molecule has 2 saturated carbocycles. The molecule has 0 radical (unpaired) electrons. The lowest BCUT2D eigenvalue weighted by Gasteiger charge is -2.26. The van der Waals surface area contributed by atoms with Crippen molar-refractivity contribution in [1.29, 1.82) is 0 Å². The Labute approximate surface area is 161 Å². The van der Waals surface area contributed by atoms with Crippen LogP contribution in [0, 0.1) is 47.0 Å². The summed E-state index contributed by atoms with van der Waals surface area (Å²) in [5, 5.41) is 0. The van der Waals surface area contributed by atoms with Crippen molar-refractivity contribution < 1.29 is 13.2 Å². The molecule has 27 heavy (non-hydrogen) atoms. The van der Waals surface area contributed by atoms with Crippen molar-refractivity contribution in [2.45, 2.75) is 70.6 Å². The van der Waals surface area contributed by atoms with Crippen LogP contribution in [0.15, 0.2) is 24.3 Å². The Morgan fingerprint density at radius 3 is 2.15 bits per heavy atom. The Morgan fingerprint density at radius 2 is 1.56 bits per heavy atom. The van der Waals surface area contributed by atoms with Crippen molar-refractivity contribution in [2.75, 3.05) is 0 Å². The Morgan fingerprint density at radius 1 is 0.926 bits per heavy atom. The van der Waals surface area contributed by atoms with Gasteiger partial charge in [-0.2, -0.15) is 0 Å². The minimum atomic E-state index is -1.38. The number of allylic oxidation sites excluding steroid dienone is 2. The second-order valence-electron chi connectivity index (χ2n) is 8.18. The molecule has 2 aliphatic carbocycles. The van der Waals surface area contributed by atoms with Crippen LogP contribution in [-0.2, 0) is 0 Å². The average molecular weight is 374 g/mol. The molecule has 0 atom stereocenters. The summed E-state index contributed by atoms with van der Waals surface area (Å²) in [4.78, 5) is 0. The molecule has 0 amide bonds. The maximum Gasteiger partial charge on any atom is 0.194 e. The highest BCUT2D eigenvalue weighted by Gasteiger charge is 2.23. The number of hydrogen-bond acceptors (Lipinski definition) is 0. The zero-order valence-electron chi connectivity index (χ0n) is 16.1. The highest BCUT2D eigenvalue weighted by molar-refractivity contribution is 5.25. The molecule has 0 N–H and O–H groups in total. The van der Waals surface area contributed by atoms with Gasteiger partial charge in [-0.25, -0.2) is 13.2 Å². The minimum Gasteiger partial charge on any atom is -0.204 e. The maximum absolute atomic E-state index is 13.4. The SMILES string of the molecule is CC[C@H]1CC[C@H](/C=C/C#C[C@H]2CC[C@H](c3cc(F)c(F)c(F)c3)CC2)CC1. The van der Waals surface area contributed by atoms with E-state index in [9.17, 15) is 13.2 Å². The van der Waals surface area contributed by atoms with Crippen LogP contribution < -0.4 is 0 Å². The highest BCUT2D eigenvalue weighted by Crippen LogP contribution is 2.36. The third kappa shape index (κ3) is 5.41. The first-order valence-corrected chi connectivity index (χ1v) is 10.4. The van der Waals surface area contributed by atoms with Crippen LogP contribution >= 0.6 is 0 Å². The van der Waals surface area contributed by atoms with Gasteiger partial charge in [-0.1, -0.05) is 31.3 Å². The Kier molecular flexibility index (Phi) is 7.05. The highest BCUT2D eigenvalue weighted by atomic mass is 19.2. The van der Waals surface area contributed by atoms with Gasteiger partial charge in [-0.3, -0.25) is 0 Å². The minimum absolute atomic E-state index is 0.0944. The number of hydrogen-bond donors (Lipinski definition) is 0. The first kappa shape index (κ1) is 20.1. The van der Waals surface area contributed by atoms with Crippen molar-refractivity contribution in [2.24, 2.45) is 17.8 Å². The summed E-state index contributed by atoms with van der Waals surface area (Å²) >= 11 is 0. The van der Waals surface area contributed by atoms with E-state index in [0.29, 0.717) is 17.4 Å². The van der Waals surface area contributed by atoms with Gasteiger partial charge in [-0.05, 0) is 92.9 Å². The van der Waals surface area contributed by atoms with Crippen molar-refractivity contribution in [1.82, 2.24) is 0 Å². The second-order valence-corrected chi connectivity index (χ2v) is 8.18. The lowest BCUT2D eigenvalue weighted by Crippen LogP contribution is -2.13. The van der Waals surface area contributed by atoms with E-state index < -0.39 is 17.5 Å². The molecule has 0 saturated heterocycles. The summed E-state index contributed by atoms with van der Waals surface area (Å²) < 4.78 is 40.0. The third-order valence-corrected chi connectivity index (χ3v) is 6.41. The molecule has 0 heterocycles. The molecule has 1 aromatic rings. The van der Waals surface area contributed by atoms with E-state index >= 15 is 0 Å². The van der Waals surface area contributed by atoms with Crippen LogP contribution in [-0.4, -0.2) is 0 Å². The summed E-state index contributed by atoms with van der Waals surface area (Å²) in [5.74, 6) is 5.02. The van der Waals surface area contributed by atoms with Crippen LogP contribution in [0.1, 0.15) is 76.2 Å². The molecular formula is C24H29F3. The normalized spacial score (nSPS) is 28.7. The topological polar surface area (TPSA) is 0 Å². The summed E-state index contributed by atoms with van der Waals surface area (Å²) in [7, 11) is 0. The van der Waals surface area contributed by atoms with Crippen molar-refractivity contribution in [3.05, 3.63) is 47.3 Å². The smallest absolute Gasteiger partial charge is 0.194 e. The molecular weight excluding hydrogens is 345 g/mol. The molecule has 3 rings (SSSR count). The molecule has 0 unspecified atom stereocenters. The number of benzene rings is 1. The largest absolute Gasteiger partial charge is 0.204 e. The van der Waals surface area contributed by atoms with E-state index in [4.69, 9.17) is 0 Å². The van der Waals surface area contributed by atoms with Gasteiger partial charge in [0.15, 0.2) is 17.5 Å². The van der Waals surface area contributed by atoms with Crippen LogP contribution in [0.25, 0.3) is 0 Å². The number of rotatable bonds is 3. The Bertz CT molecular complexity index is 686. The van der Waals surface area contributed by atoms with E-state index in [1.807, 2.05) is 6.08 Å². The van der Waals surface area contributed by atoms with E-state index in [0.717, 1.165) is 43.7 Å². The van der Waals surface area contributed by atoms with Crippen LogP contribution in [0.2, 0.25) is 0 Å². The van der Waals surface area contributed by atoms with Gasteiger partial charge < -0.3 is 0 Å². The van der Waals surface area contributed by atoms with E-state index in [1.54, 1.807) is 0 Å². The number of halogens is 3. The molecule has 2 aliphatic rings. The molecule has 0 aromatic heterocycles. The van der Waals surface area contributed by atoms with Crippen molar-refractivity contribution >= 4 is 0 Å². The monoisotopic (exact) mass is 374 g/mol. The molecule has 0 aliphatic heterocycles. The van der Waals surface area contributed by atoms with Crippen LogP contribution in [0.5, 0.6) is 0 Å². The molecule has 0 nitrogen and oxygen atoms in total. The molecule has 0 spiro atoms. The molecule has 0 bridgehead atoms. The summed E-state index contributed by atoms with van der Waals surface area (Å²) in [6.07, 6.45) is 14.4. The quantitative estimate of drug-likeness (QED) is 0.389. The van der Waals surface area contributed by atoms with Gasteiger partial charge in [0, 0.05) is 5.92 Å². The zero-order chi connectivity index (χ0) is 19.2. The molecule has 1 aromatic carbocycles. The van der Waals surface area contributed by atoms with Gasteiger partial charge in [0.05, 0.1) is 0 Å². The second kappa shape index (κ2) is 9.49. The lowest BCUT2D eigenvalue weighted by atomic mass is 9.79. The molecule has 3 heteroatoms. The maximum atomic E-state index is 13.4. The van der Waals surface area contributed by atoms with Crippen molar-refractivity contribution in [3.63, 3.8) is 0 Å². The van der Waals surface area contributed by atoms with Crippen LogP contribution in [0.4, 0.5) is 13.2 Å². The Balaban J connectivity index is 1.46. The predicted molar refractivity (Wildman–Crippen MR) is 104 cm³/mol. The predicted octanol–water partition coefficient (Wildman–Crippen LogP) is 7.15.